The molecule has 0 unspecified atom stereocenters. The van der Waals surface area contributed by atoms with Crippen LogP contribution in [-0.2, 0) is 19.7 Å². The second-order valence-electron chi connectivity index (χ2n) is 13.2. The molecule has 2 aromatic rings. The number of carbonyl (C=O) groups is 2. The molecule has 0 atom stereocenters. The largest absolute Gasteiger partial charge is 0.377 e. The highest BCUT2D eigenvalue weighted by atomic mass is 35.5. The van der Waals surface area contributed by atoms with Crippen molar-refractivity contribution in [2.45, 2.75) is 84.5 Å². The van der Waals surface area contributed by atoms with Crippen molar-refractivity contribution < 1.29 is 22.2 Å². The maximum Gasteiger partial charge on any atom is 0.339 e. The SMILES string of the molecule is CCCN1C2=C(C(=O)CC(C)(C)C2)C(c2ccc(OS(=O)(=O)c3ccc(C)cc3)c(Cl)c2)C2=C1CC(C)(C)CC2=O. The molecule has 2 aliphatic carbocycles. The third kappa shape index (κ3) is 5.63. The van der Waals surface area contributed by atoms with Crippen molar-refractivity contribution in [1.82, 2.24) is 4.90 Å². The average Bonchev–Trinajstić information content (AvgIpc) is 2.85. The van der Waals surface area contributed by atoms with Gasteiger partial charge in [0.05, 0.1) is 5.02 Å². The van der Waals surface area contributed by atoms with Crippen molar-refractivity contribution in [1.29, 1.82) is 0 Å². The molecule has 2 aromatic carbocycles. The molecule has 6 nitrogen and oxygen atoms in total. The van der Waals surface area contributed by atoms with E-state index in [9.17, 15) is 18.0 Å². The summed E-state index contributed by atoms with van der Waals surface area (Å²) in [4.78, 5) is 30.0. The van der Waals surface area contributed by atoms with E-state index in [0.717, 1.165) is 42.8 Å². The van der Waals surface area contributed by atoms with Gasteiger partial charge < -0.3 is 9.08 Å². The van der Waals surface area contributed by atoms with Crippen molar-refractivity contribution >= 4 is 33.3 Å². The number of rotatable bonds is 6. The van der Waals surface area contributed by atoms with E-state index in [0.29, 0.717) is 29.6 Å². The minimum Gasteiger partial charge on any atom is -0.377 e. The van der Waals surface area contributed by atoms with Gasteiger partial charge in [0.25, 0.3) is 0 Å². The molecule has 3 aliphatic rings. The van der Waals surface area contributed by atoms with Crippen molar-refractivity contribution in [3.05, 3.63) is 81.2 Å². The number of carbonyl (C=O) groups excluding carboxylic acids is 2. The predicted molar refractivity (Wildman–Crippen MR) is 160 cm³/mol. The van der Waals surface area contributed by atoms with Crippen LogP contribution in [0.25, 0.3) is 0 Å². The van der Waals surface area contributed by atoms with Crippen LogP contribution in [0.1, 0.15) is 83.8 Å². The quantitative estimate of drug-likeness (QED) is 0.321. The normalized spacial score (nSPS) is 20.7. The van der Waals surface area contributed by atoms with Gasteiger partial charge in [0.2, 0.25) is 0 Å². The van der Waals surface area contributed by atoms with E-state index in [1.165, 1.54) is 18.2 Å². The van der Waals surface area contributed by atoms with Gasteiger partial charge in [-0.05, 0) is 66.8 Å². The van der Waals surface area contributed by atoms with Crippen molar-refractivity contribution in [2.75, 3.05) is 6.54 Å². The van der Waals surface area contributed by atoms with Crippen LogP contribution in [0.5, 0.6) is 5.75 Å². The molecule has 0 saturated carbocycles. The van der Waals surface area contributed by atoms with E-state index >= 15 is 0 Å². The molecule has 0 radical (unpaired) electrons. The third-order valence-electron chi connectivity index (χ3n) is 8.27. The van der Waals surface area contributed by atoms with Gasteiger partial charge in [0, 0.05) is 47.8 Å². The molecule has 0 amide bonds. The molecule has 218 valence electrons. The summed E-state index contributed by atoms with van der Waals surface area (Å²) < 4.78 is 31.3. The molecule has 0 fully saturated rings. The number of Topliss-reactive ketones (excluding diaryl/α,β-unsaturated/α-hetero) is 2. The van der Waals surface area contributed by atoms with Crippen LogP contribution in [0.15, 0.2) is 69.9 Å². The molecule has 1 heterocycles. The molecule has 0 N–H and O–H groups in total. The standard InChI is InChI=1S/C33H38ClNO5S/c1-7-14-35-24-16-32(3,4)18-26(36)30(24)29(31-25(35)17-33(5,6)19-27(31)37)21-10-13-28(23(34)15-21)40-41(38,39)22-11-8-20(2)9-12-22/h8-13,15,29H,7,14,16-19H2,1-6H3. The van der Waals surface area contributed by atoms with Crippen molar-refractivity contribution in [3.8, 4) is 5.75 Å². The van der Waals surface area contributed by atoms with Crippen LogP contribution in [0.4, 0.5) is 0 Å². The fourth-order valence-corrected chi connectivity index (χ4v) is 7.73. The highest BCUT2D eigenvalue weighted by Crippen LogP contribution is 2.54. The summed E-state index contributed by atoms with van der Waals surface area (Å²) in [5.41, 5.74) is 4.56. The molecule has 0 aromatic heterocycles. The minimum absolute atomic E-state index is 0.00461. The number of aryl methyl sites for hydroxylation is 1. The number of halogens is 1. The lowest BCUT2D eigenvalue weighted by Crippen LogP contribution is -2.44. The maximum atomic E-state index is 13.9. The summed E-state index contributed by atoms with van der Waals surface area (Å²) in [6, 6.07) is 11.3. The maximum absolute atomic E-state index is 13.9. The summed E-state index contributed by atoms with van der Waals surface area (Å²) in [5.74, 6) is -0.467. The van der Waals surface area contributed by atoms with E-state index in [-0.39, 0.29) is 38.1 Å². The van der Waals surface area contributed by atoms with E-state index in [2.05, 4.69) is 39.5 Å². The Morgan fingerprint density at radius 2 is 1.41 bits per heavy atom. The lowest BCUT2D eigenvalue weighted by molar-refractivity contribution is -0.119. The Kier molecular flexibility index (Phi) is 7.52. The fraction of sp³-hybridized carbons (Fsp3) is 0.455. The Hall–Kier alpha value is -2.90. The number of nitrogens with zero attached hydrogens (tertiary/aromatic N) is 1. The lowest BCUT2D eigenvalue weighted by atomic mass is 9.63. The van der Waals surface area contributed by atoms with E-state index in [1.807, 2.05) is 6.92 Å². The van der Waals surface area contributed by atoms with Gasteiger partial charge in [-0.3, -0.25) is 9.59 Å². The van der Waals surface area contributed by atoms with Crippen LogP contribution in [0.2, 0.25) is 5.02 Å². The van der Waals surface area contributed by atoms with Gasteiger partial charge >= 0.3 is 10.1 Å². The van der Waals surface area contributed by atoms with Crippen LogP contribution in [0.3, 0.4) is 0 Å². The van der Waals surface area contributed by atoms with Crippen molar-refractivity contribution in [2.24, 2.45) is 10.8 Å². The number of benzene rings is 2. The first-order valence-corrected chi connectivity index (χ1v) is 16.0. The molecule has 0 saturated heterocycles. The Morgan fingerprint density at radius 1 is 0.878 bits per heavy atom. The molecule has 0 bridgehead atoms. The van der Waals surface area contributed by atoms with Gasteiger partial charge in [-0.2, -0.15) is 8.42 Å². The lowest BCUT2D eigenvalue weighted by Gasteiger charge is -2.49. The van der Waals surface area contributed by atoms with Gasteiger partial charge in [-0.1, -0.05) is 70.0 Å². The fourth-order valence-electron chi connectivity index (χ4n) is 6.51. The summed E-state index contributed by atoms with van der Waals surface area (Å²) in [5, 5.41) is 0.102. The second kappa shape index (κ2) is 10.4. The van der Waals surface area contributed by atoms with Crippen LogP contribution in [0, 0.1) is 17.8 Å². The monoisotopic (exact) mass is 595 g/mol. The highest BCUT2D eigenvalue weighted by Gasteiger charge is 2.48. The van der Waals surface area contributed by atoms with E-state index in [1.54, 1.807) is 24.3 Å². The minimum atomic E-state index is -4.10. The summed E-state index contributed by atoms with van der Waals surface area (Å²) in [6.07, 6.45) is 3.15. The number of hydrogen-bond acceptors (Lipinski definition) is 6. The number of hydrogen-bond donors (Lipinski definition) is 0. The zero-order valence-electron chi connectivity index (χ0n) is 24.6. The Labute approximate surface area is 248 Å². The van der Waals surface area contributed by atoms with Crippen LogP contribution in [-0.4, -0.2) is 31.4 Å². The van der Waals surface area contributed by atoms with Crippen LogP contribution >= 0.6 is 11.6 Å². The summed E-state index contributed by atoms with van der Waals surface area (Å²) in [7, 11) is -4.10. The third-order valence-corrected chi connectivity index (χ3v) is 9.81. The van der Waals surface area contributed by atoms with E-state index in [4.69, 9.17) is 15.8 Å². The zero-order valence-corrected chi connectivity index (χ0v) is 26.2. The average molecular weight is 596 g/mol. The van der Waals surface area contributed by atoms with E-state index < -0.39 is 16.0 Å². The Morgan fingerprint density at radius 3 is 1.90 bits per heavy atom. The van der Waals surface area contributed by atoms with Gasteiger partial charge in [-0.15, -0.1) is 0 Å². The topological polar surface area (TPSA) is 80.8 Å². The van der Waals surface area contributed by atoms with Gasteiger partial charge in [0.15, 0.2) is 17.3 Å². The first-order chi connectivity index (χ1) is 19.1. The highest BCUT2D eigenvalue weighted by molar-refractivity contribution is 7.87. The first kappa shape index (κ1) is 29.6. The molecule has 8 heteroatoms. The van der Waals surface area contributed by atoms with Crippen LogP contribution < -0.4 is 4.18 Å². The summed E-state index contributed by atoms with van der Waals surface area (Å²) >= 11 is 6.66. The second-order valence-corrected chi connectivity index (χ2v) is 15.2. The van der Waals surface area contributed by atoms with Gasteiger partial charge in [0.1, 0.15) is 4.90 Å². The Balaban J connectivity index is 1.63. The summed E-state index contributed by atoms with van der Waals surface area (Å²) in [6.45, 7) is 13.2. The molecular formula is C33H38ClNO5S. The number of allylic oxidation sites excluding steroid dienone is 4. The van der Waals surface area contributed by atoms with Crippen molar-refractivity contribution in [3.63, 3.8) is 0 Å². The number of ketones is 2. The Bertz CT molecular complexity index is 1540. The predicted octanol–water partition coefficient (Wildman–Crippen LogP) is 7.51. The molecule has 41 heavy (non-hydrogen) atoms. The molecular weight excluding hydrogens is 558 g/mol. The molecule has 1 aliphatic heterocycles. The van der Waals surface area contributed by atoms with Gasteiger partial charge in [-0.25, -0.2) is 0 Å². The molecule has 0 spiro atoms. The first-order valence-electron chi connectivity index (χ1n) is 14.2. The smallest absolute Gasteiger partial charge is 0.339 e. The molecule has 5 rings (SSSR count). The zero-order chi connectivity index (χ0) is 29.9.